The molecule has 60 valence electrons. The molecule has 0 saturated carbocycles. The van der Waals surface area contributed by atoms with Crippen molar-refractivity contribution < 1.29 is 9.52 Å². The first kappa shape index (κ1) is 6.88. The van der Waals surface area contributed by atoms with E-state index in [1.807, 2.05) is 12.1 Å². The monoisotopic (exact) mass is 153 g/mol. The Hall–Kier alpha value is -0.800. The molecular weight excluding hydrogens is 142 g/mol. The van der Waals surface area contributed by atoms with Crippen molar-refractivity contribution in [1.29, 1.82) is 0 Å². The molecule has 2 rings (SSSR count). The fourth-order valence-corrected chi connectivity index (χ4v) is 1.46. The first-order chi connectivity index (χ1) is 5.38. The highest BCUT2D eigenvalue weighted by Crippen LogP contribution is 2.22. The summed E-state index contributed by atoms with van der Waals surface area (Å²) in [5.41, 5.74) is 0. The largest absolute Gasteiger partial charge is 0.469 e. The highest BCUT2D eigenvalue weighted by atomic mass is 16.3. The number of rotatable bonds is 1. The highest BCUT2D eigenvalue weighted by molar-refractivity contribution is 5.10. The quantitative estimate of drug-likeness (QED) is 0.611. The predicted octanol–water partition coefficient (Wildman–Crippen LogP) is 0.327. The molecule has 0 amide bonds. The van der Waals surface area contributed by atoms with E-state index in [-0.39, 0.29) is 12.0 Å². The van der Waals surface area contributed by atoms with Gasteiger partial charge in [-0.25, -0.2) is 0 Å². The third kappa shape index (κ3) is 1.17. The van der Waals surface area contributed by atoms with Crippen LogP contribution in [-0.2, 0) is 0 Å². The number of hydrogen-bond acceptors (Lipinski definition) is 3. The van der Waals surface area contributed by atoms with Gasteiger partial charge in [-0.2, -0.15) is 0 Å². The summed E-state index contributed by atoms with van der Waals surface area (Å²) in [6.45, 7) is 1.49. The molecule has 1 aliphatic heterocycles. The fraction of sp³-hybridized carbons (Fsp3) is 0.500. The van der Waals surface area contributed by atoms with E-state index >= 15 is 0 Å². The average molecular weight is 153 g/mol. The second kappa shape index (κ2) is 2.68. The van der Waals surface area contributed by atoms with E-state index in [0.717, 1.165) is 12.3 Å². The normalized spacial score (nSPS) is 31.0. The number of aliphatic hydroxyl groups is 1. The predicted molar refractivity (Wildman–Crippen MR) is 40.3 cm³/mol. The summed E-state index contributed by atoms with van der Waals surface area (Å²) in [6, 6.07) is 3.75. The molecule has 0 bridgehead atoms. The molecule has 0 spiro atoms. The van der Waals surface area contributed by atoms with Crippen LogP contribution in [0.25, 0.3) is 0 Å². The highest BCUT2D eigenvalue weighted by Gasteiger charge is 2.28. The van der Waals surface area contributed by atoms with Crippen molar-refractivity contribution in [3.05, 3.63) is 24.2 Å². The topological polar surface area (TPSA) is 45.4 Å². The van der Waals surface area contributed by atoms with E-state index in [0.29, 0.717) is 6.54 Å². The molecule has 0 aromatic carbocycles. The van der Waals surface area contributed by atoms with Crippen LogP contribution >= 0.6 is 0 Å². The maximum absolute atomic E-state index is 9.44. The summed E-state index contributed by atoms with van der Waals surface area (Å²) < 4.78 is 5.19. The van der Waals surface area contributed by atoms with Gasteiger partial charge in [0.2, 0.25) is 0 Å². The van der Waals surface area contributed by atoms with Crippen LogP contribution in [0.5, 0.6) is 0 Å². The van der Waals surface area contributed by atoms with Crippen molar-refractivity contribution in [3.63, 3.8) is 0 Å². The minimum absolute atomic E-state index is 0.144. The zero-order chi connectivity index (χ0) is 7.68. The van der Waals surface area contributed by atoms with Gasteiger partial charge in [0, 0.05) is 13.1 Å². The number of nitrogens with one attached hydrogen (secondary N) is 1. The second-order valence-electron chi connectivity index (χ2n) is 2.85. The smallest absolute Gasteiger partial charge is 0.110 e. The summed E-state index contributed by atoms with van der Waals surface area (Å²) in [6.07, 6.45) is 1.35. The first-order valence-electron chi connectivity index (χ1n) is 3.80. The molecule has 2 N–H and O–H groups in total. The maximum atomic E-state index is 9.44. The Morgan fingerprint density at radius 1 is 1.55 bits per heavy atom. The molecule has 0 radical (unpaired) electrons. The zero-order valence-corrected chi connectivity index (χ0v) is 6.16. The Bertz CT molecular complexity index is 220. The molecule has 0 aliphatic carbocycles. The molecule has 1 aromatic rings. The van der Waals surface area contributed by atoms with Gasteiger partial charge in [-0.1, -0.05) is 0 Å². The summed E-state index contributed by atoms with van der Waals surface area (Å²) in [5.74, 6) is 1.02. The summed E-state index contributed by atoms with van der Waals surface area (Å²) in [5, 5.41) is 12.5. The van der Waals surface area contributed by atoms with E-state index in [1.54, 1.807) is 6.26 Å². The van der Waals surface area contributed by atoms with E-state index in [1.165, 1.54) is 0 Å². The third-order valence-corrected chi connectivity index (χ3v) is 2.09. The van der Waals surface area contributed by atoms with Crippen LogP contribution < -0.4 is 5.32 Å². The zero-order valence-electron chi connectivity index (χ0n) is 6.16. The van der Waals surface area contributed by atoms with E-state index in [2.05, 4.69) is 5.32 Å². The lowest BCUT2D eigenvalue weighted by atomic mass is 10.0. The van der Waals surface area contributed by atoms with Gasteiger partial charge in [-0.15, -0.1) is 0 Å². The summed E-state index contributed by atoms with van der Waals surface area (Å²) in [4.78, 5) is 0. The molecule has 2 heterocycles. The minimum Gasteiger partial charge on any atom is -0.469 e. The van der Waals surface area contributed by atoms with E-state index in [9.17, 15) is 5.11 Å². The van der Waals surface area contributed by atoms with Gasteiger partial charge < -0.3 is 14.8 Å². The Morgan fingerprint density at radius 3 is 3.00 bits per heavy atom. The lowest BCUT2D eigenvalue weighted by Crippen LogP contribution is -2.15. The van der Waals surface area contributed by atoms with Crippen molar-refractivity contribution in [3.8, 4) is 0 Å². The molecule has 1 aromatic heterocycles. The van der Waals surface area contributed by atoms with Crippen molar-refractivity contribution in [2.45, 2.75) is 12.0 Å². The Labute approximate surface area is 65.0 Å². The molecule has 3 heteroatoms. The SMILES string of the molecule is OC1CNCC1c1ccco1. The van der Waals surface area contributed by atoms with Crippen LogP contribution in [0.2, 0.25) is 0 Å². The second-order valence-corrected chi connectivity index (χ2v) is 2.85. The van der Waals surface area contributed by atoms with Crippen molar-refractivity contribution in [1.82, 2.24) is 5.32 Å². The van der Waals surface area contributed by atoms with Gasteiger partial charge in [0.1, 0.15) is 5.76 Å². The van der Waals surface area contributed by atoms with Crippen LogP contribution in [0.15, 0.2) is 22.8 Å². The first-order valence-corrected chi connectivity index (χ1v) is 3.80. The number of hydrogen-bond donors (Lipinski definition) is 2. The van der Waals surface area contributed by atoms with Gasteiger partial charge >= 0.3 is 0 Å². The van der Waals surface area contributed by atoms with E-state index in [4.69, 9.17) is 4.42 Å². The standard InChI is InChI=1S/C8H11NO2/c10-7-5-9-4-6(7)8-2-1-3-11-8/h1-3,6-7,9-10H,4-5H2. The van der Waals surface area contributed by atoms with Crippen molar-refractivity contribution >= 4 is 0 Å². The number of β-amino-alcohol motifs (C(OH)–C–C–N with tert-alkyl or cyclic N) is 1. The lowest BCUT2D eigenvalue weighted by Gasteiger charge is -2.08. The van der Waals surface area contributed by atoms with Gasteiger partial charge in [-0.3, -0.25) is 0 Å². The van der Waals surface area contributed by atoms with E-state index < -0.39 is 0 Å². The molecule has 1 fully saturated rings. The summed E-state index contributed by atoms with van der Waals surface area (Å²) >= 11 is 0. The molecule has 1 aliphatic rings. The maximum Gasteiger partial charge on any atom is 0.110 e. The molecule has 3 nitrogen and oxygen atoms in total. The summed E-state index contributed by atoms with van der Waals surface area (Å²) in [7, 11) is 0. The van der Waals surface area contributed by atoms with Gasteiger partial charge in [0.15, 0.2) is 0 Å². The number of furan rings is 1. The minimum atomic E-state index is -0.291. The van der Waals surface area contributed by atoms with Crippen LogP contribution in [0, 0.1) is 0 Å². The Balaban J connectivity index is 2.16. The van der Waals surface area contributed by atoms with Crippen LogP contribution in [-0.4, -0.2) is 24.3 Å². The fourth-order valence-electron chi connectivity index (χ4n) is 1.46. The van der Waals surface area contributed by atoms with Crippen molar-refractivity contribution in [2.75, 3.05) is 13.1 Å². The van der Waals surface area contributed by atoms with Crippen LogP contribution in [0.4, 0.5) is 0 Å². The van der Waals surface area contributed by atoms with Crippen LogP contribution in [0.3, 0.4) is 0 Å². The molecule has 11 heavy (non-hydrogen) atoms. The van der Waals surface area contributed by atoms with Crippen LogP contribution in [0.1, 0.15) is 11.7 Å². The van der Waals surface area contributed by atoms with Gasteiger partial charge in [0.25, 0.3) is 0 Å². The van der Waals surface area contributed by atoms with Gasteiger partial charge in [0.05, 0.1) is 18.3 Å². The lowest BCUT2D eigenvalue weighted by molar-refractivity contribution is 0.168. The van der Waals surface area contributed by atoms with Gasteiger partial charge in [-0.05, 0) is 12.1 Å². The Kier molecular flexibility index (Phi) is 1.68. The molecule has 1 saturated heterocycles. The molecule has 2 unspecified atom stereocenters. The molecular formula is C8H11NO2. The third-order valence-electron chi connectivity index (χ3n) is 2.09. The van der Waals surface area contributed by atoms with Crippen molar-refractivity contribution in [2.24, 2.45) is 0 Å². The average Bonchev–Trinajstić information content (AvgIpc) is 2.55. The molecule has 2 atom stereocenters. The Morgan fingerprint density at radius 2 is 2.45 bits per heavy atom. The number of aliphatic hydroxyl groups excluding tert-OH is 1.